The number of hydrogen-bond acceptors (Lipinski definition) is 3. The SMILES string of the molecule is Cc1ccc(S(=O)(=O)NC(C)(C)C(N)=S)c(C)c1. The fourth-order valence-corrected chi connectivity index (χ4v) is 3.28. The van der Waals surface area contributed by atoms with Gasteiger partial charge in [-0.15, -0.1) is 0 Å². The number of sulfonamides is 1. The van der Waals surface area contributed by atoms with Crippen molar-refractivity contribution in [2.24, 2.45) is 5.73 Å². The van der Waals surface area contributed by atoms with Gasteiger partial charge < -0.3 is 5.73 Å². The van der Waals surface area contributed by atoms with Crippen LogP contribution < -0.4 is 10.5 Å². The molecule has 0 bridgehead atoms. The van der Waals surface area contributed by atoms with E-state index in [1.807, 2.05) is 13.0 Å². The van der Waals surface area contributed by atoms with Crippen LogP contribution in [0, 0.1) is 13.8 Å². The van der Waals surface area contributed by atoms with E-state index in [9.17, 15) is 8.42 Å². The van der Waals surface area contributed by atoms with Gasteiger partial charge in [-0.25, -0.2) is 8.42 Å². The summed E-state index contributed by atoms with van der Waals surface area (Å²) in [6.07, 6.45) is 0. The number of nitrogens with two attached hydrogens (primary N) is 1. The molecule has 3 N–H and O–H groups in total. The third-order valence-corrected chi connectivity index (χ3v) is 4.95. The van der Waals surface area contributed by atoms with Crippen LogP contribution in [-0.4, -0.2) is 18.9 Å². The first-order valence-corrected chi connectivity index (χ1v) is 7.36. The highest BCUT2D eigenvalue weighted by atomic mass is 32.2. The molecule has 0 saturated carbocycles. The van der Waals surface area contributed by atoms with Gasteiger partial charge in [0.15, 0.2) is 0 Å². The van der Waals surface area contributed by atoms with Crippen LogP contribution in [0.1, 0.15) is 25.0 Å². The van der Waals surface area contributed by atoms with E-state index in [-0.39, 0.29) is 9.88 Å². The Balaban J connectivity index is 3.19. The van der Waals surface area contributed by atoms with Gasteiger partial charge in [-0.3, -0.25) is 0 Å². The van der Waals surface area contributed by atoms with Crippen LogP contribution in [0.2, 0.25) is 0 Å². The minimum absolute atomic E-state index is 0.107. The lowest BCUT2D eigenvalue weighted by Gasteiger charge is -2.25. The Hall–Kier alpha value is -0.980. The molecule has 0 spiro atoms. The quantitative estimate of drug-likeness (QED) is 0.826. The lowest BCUT2D eigenvalue weighted by atomic mass is 10.1. The number of hydrogen-bond donors (Lipinski definition) is 2. The summed E-state index contributed by atoms with van der Waals surface area (Å²) in [7, 11) is -3.63. The average Bonchev–Trinajstić information content (AvgIpc) is 2.14. The zero-order valence-electron chi connectivity index (χ0n) is 10.9. The van der Waals surface area contributed by atoms with Crippen molar-refractivity contribution in [1.29, 1.82) is 0 Å². The molecule has 1 aromatic carbocycles. The van der Waals surface area contributed by atoms with Crippen molar-refractivity contribution >= 4 is 27.2 Å². The minimum atomic E-state index is -3.63. The molecule has 0 aromatic heterocycles. The molecule has 0 saturated heterocycles. The highest BCUT2D eigenvalue weighted by Crippen LogP contribution is 2.18. The molecular formula is C12H18N2O2S2. The molecule has 100 valence electrons. The van der Waals surface area contributed by atoms with Gasteiger partial charge in [0, 0.05) is 0 Å². The van der Waals surface area contributed by atoms with Crippen molar-refractivity contribution in [2.45, 2.75) is 38.1 Å². The predicted octanol–water partition coefficient (Wildman–Crippen LogP) is 1.65. The fraction of sp³-hybridized carbons (Fsp3) is 0.417. The number of aryl methyl sites for hydroxylation is 2. The zero-order chi connectivity index (χ0) is 14.1. The van der Waals surface area contributed by atoms with Gasteiger partial charge in [-0.05, 0) is 39.3 Å². The van der Waals surface area contributed by atoms with Crippen molar-refractivity contribution in [2.75, 3.05) is 0 Å². The van der Waals surface area contributed by atoms with Crippen LogP contribution in [0.15, 0.2) is 23.1 Å². The summed E-state index contributed by atoms with van der Waals surface area (Å²) in [5.74, 6) is 0. The van der Waals surface area contributed by atoms with Gasteiger partial charge in [-0.1, -0.05) is 29.9 Å². The van der Waals surface area contributed by atoms with Crippen molar-refractivity contribution < 1.29 is 8.42 Å². The normalized spacial score (nSPS) is 12.4. The van der Waals surface area contributed by atoms with E-state index in [4.69, 9.17) is 18.0 Å². The molecule has 0 heterocycles. The summed E-state index contributed by atoms with van der Waals surface area (Å²) in [5.41, 5.74) is 6.28. The van der Waals surface area contributed by atoms with Crippen molar-refractivity contribution in [3.63, 3.8) is 0 Å². The Labute approximate surface area is 114 Å². The maximum Gasteiger partial charge on any atom is 0.241 e. The topological polar surface area (TPSA) is 72.2 Å². The van der Waals surface area contributed by atoms with E-state index in [2.05, 4.69) is 4.72 Å². The first-order chi connectivity index (χ1) is 8.06. The van der Waals surface area contributed by atoms with Crippen LogP contribution >= 0.6 is 12.2 Å². The molecule has 6 heteroatoms. The summed E-state index contributed by atoms with van der Waals surface area (Å²) in [6.45, 7) is 6.94. The van der Waals surface area contributed by atoms with Gasteiger partial charge in [0.05, 0.1) is 15.4 Å². The maximum atomic E-state index is 12.3. The molecule has 0 radical (unpaired) electrons. The minimum Gasteiger partial charge on any atom is -0.392 e. The highest BCUT2D eigenvalue weighted by molar-refractivity contribution is 7.89. The number of rotatable bonds is 4. The third-order valence-electron chi connectivity index (χ3n) is 2.63. The molecule has 1 rings (SSSR count). The zero-order valence-corrected chi connectivity index (χ0v) is 12.6. The van der Waals surface area contributed by atoms with Crippen LogP contribution in [-0.2, 0) is 10.0 Å². The fourth-order valence-electron chi connectivity index (χ4n) is 1.54. The molecule has 1 aromatic rings. The maximum absolute atomic E-state index is 12.3. The molecule has 0 atom stereocenters. The second-order valence-corrected chi connectivity index (χ2v) is 6.95. The molecule has 0 aliphatic heterocycles. The summed E-state index contributed by atoms with van der Waals surface area (Å²) < 4.78 is 27.0. The lowest BCUT2D eigenvalue weighted by molar-refractivity contribution is 0.545. The van der Waals surface area contributed by atoms with Gasteiger partial charge >= 0.3 is 0 Å². The van der Waals surface area contributed by atoms with E-state index in [0.29, 0.717) is 5.56 Å². The third kappa shape index (κ3) is 3.28. The van der Waals surface area contributed by atoms with Crippen LogP contribution in [0.4, 0.5) is 0 Å². The second kappa shape index (κ2) is 4.95. The van der Waals surface area contributed by atoms with E-state index < -0.39 is 15.6 Å². The molecule has 0 unspecified atom stereocenters. The van der Waals surface area contributed by atoms with Crippen molar-refractivity contribution in [3.05, 3.63) is 29.3 Å². The first kappa shape index (κ1) is 15.1. The Bertz CT molecular complexity index is 578. The molecule has 0 amide bonds. The van der Waals surface area contributed by atoms with Crippen LogP contribution in [0.3, 0.4) is 0 Å². The monoisotopic (exact) mass is 286 g/mol. The van der Waals surface area contributed by atoms with Gasteiger partial charge in [0.2, 0.25) is 10.0 Å². The molecule has 4 nitrogen and oxygen atoms in total. The smallest absolute Gasteiger partial charge is 0.241 e. The number of nitrogens with one attached hydrogen (secondary N) is 1. The van der Waals surface area contributed by atoms with Crippen molar-refractivity contribution in [1.82, 2.24) is 4.72 Å². The van der Waals surface area contributed by atoms with Gasteiger partial charge in [-0.2, -0.15) is 4.72 Å². The summed E-state index contributed by atoms with van der Waals surface area (Å²) in [5, 5.41) is 0. The van der Waals surface area contributed by atoms with E-state index >= 15 is 0 Å². The van der Waals surface area contributed by atoms with Gasteiger partial charge in [0.25, 0.3) is 0 Å². The van der Waals surface area contributed by atoms with E-state index in [1.54, 1.807) is 32.9 Å². The summed E-state index contributed by atoms with van der Waals surface area (Å²) >= 11 is 4.85. The number of thiocarbonyl (C=S) groups is 1. The van der Waals surface area contributed by atoms with E-state index in [0.717, 1.165) is 5.56 Å². The molecule has 0 aliphatic rings. The summed E-state index contributed by atoms with van der Waals surface area (Å²) in [6, 6.07) is 5.17. The second-order valence-electron chi connectivity index (χ2n) is 4.86. The molecule has 0 fully saturated rings. The Morgan fingerprint density at radius 1 is 1.33 bits per heavy atom. The Morgan fingerprint density at radius 3 is 2.33 bits per heavy atom. The van der Waals surface area contributed by atoms with E-state index in [1.165, 1.54) is 0 Å². The standard InChI is InChI=1S/C12H18N2O2S2/c1-8-5-6-10(9(2)7-8)18(15,16)14-12(3,4)11(13)17/h5-7,14H,1-4H3,(H2,13,17). The Kier molecular flexibility index (Phi) is 4.15. The van der Waals surface area contributed by atoms with Crippen LogP contribution in [0.5, 0.6) is 0 Å². The predicted molar refractivity (Wildman–Crippen MR) is 77.1 cm³/mol. The van der Waals surface area contributed by atoms with Crippen LogP contribution in [0.25, 0.3) is 0 Å². The highest BCUT2D eigenvalue weighted by Gasteiger charge is 2.29. The summed E-state index contributed by atoms with van der Waals surface area (Å²) in [4.78, 5) is 0.355. The largest absolute Gasteiger partial charge is 0.392 e. The lowest BCUT2D eigenvalue weighted by Crippen LogP contribution is -2.52. The average molecular weight is 286 g/mol. The molecule has 18 heavy (non-hydrogen) atoms. The first-order valence-electron chi connectivity index (χ1n) is 5.47. The Morgan fingerprint density at radius 2 is 1.89 bits per heavy atom. The molecular weight excluding hydrogens is 268 g/mol. The van der Waals surface area contributed by atoms with Gasteiger partial charge in [0.1, 0.15) is 0 Å². The molecule has 0 aliphatic carbocycles. The van der Waals surface area contributed by atoms with Crippen molar-refractivity contribution in [3.8, 4) is 0 Å². The number of benzene rings is 1.